The molecular formula is C14H22ClNO. The third kappa shape index (κ3) is 3.98. The van der Waals surface area contributed by atoms with Gasteiger partial charge in [0.25, 0.3) is 0 Å². The van der Waals surface area contributed by atoms with Gasteiger partial charge in [0.2, 0.25) is 0 Å². The number of aliphatic hydroxyl groups is 1. The lowest BCUT2D eigenvalue weighted by molar-refractivity contribution is 0.0502. The minimum Gasteiger partial charge on any atom is -0.370 e. The second-order valence-electron chi connectivity index (χ2n) is 4.43. The second kappa shape index (κ2) is 7.00. The van der Waals surface area contributed by atoms with Gasteiger partial charge in [-0.1, -0.05) is 49.6 Å². The van der Waals surface area contributed by atoms with Crippen molar-refractivity contribution in [2.75, 3.05) is 6.54 Å². The number of allylic oxidation sites excluding steroid dienone is 3. The molecule has 0 aromatic rings. The van der Waals surface area contributed by atoms with E-state index in [9.17, 15) is 5.11 Å². The molecule has 0 saturated carbocycles. The Morgan fingerprint density at radius 1 is 1.59 bits per heavy atom. The van der Waals surface area contributed by atoms with Crippen LogP contribution in [-0.2, 0) is 0 Å². The van der Waals surface area contributed by atoms with E-state index in [-0.39, 0.29) is 0 Å². The lowest BCUT2D eigenvalue weighted by Crippen LogP contribution is -2.47. The van der Waals surface area contributed by atoms with E-state index >= 15 is 0 Å². The number of hydrogen-bond acceptors (Lipinski definition) is 2. The molecule has 1 atom stereocenters. The highest BCUT2D eigenvalue weighted by atomic mass is 35.5. The predicted molar refractivity (Wildman–Crippen MR) is 73.9 cm³/mol. The molecule has 0 saturated heterocycles. The number of rotatable bonds is 7. The van der Waals surface area contributed by atoms with E-state index in [4.69, 9.17) is 11.6 Å². The first kappa shape index (κ1) is 14.5. The molecule has 0 aliphatic heterocycles. The summed E-state index contributed by atoms with van der Waals surface area (Å²) < 4.78 is 0. The summed E-state index contributed by atoms with van der Waals surface area (Å²) in [5.74, 6) is 0. The van der Waals surface area contributed by atoms with Gasteiger partial charge in [0.05, 0.1) is 5.03 Å². The Labute approximate surface area is 109 Å². The molecule has 0 aromatic carbocycles. The zero-order valence-corrected chi connectivity index (χ0v) is 11.3. The number of unbranched alkanes of at least 4 members (excludes halogenated alkanes) is 2. The molecule has 2 N–H and O–H groups in total. The standard InChI is InChI=1S/C14H22ClNO/c1-3-5-6-11-16-14(17)10-7-9-12(8-4-2)13(14)15/h4,7,9,16-17H,2-3,5-6,8,10-11H2,1H3. The summed E-state index contributed by atoms with van der Waals surface area (Å²) in [5, 5.41) is 14.1. The summed E-state index contributed by atoms with van der Waals surface area (Å²) in [6, 6.07) is 0. The normalized spacial score (nSPS) is 24.2. The first-order chi connectivity index (χ1) is 8.14. The van der Waals surface area contributed by atoms with Crippen molar-refractivity contribution in [2.45, 2.75) is 44.8 Å². The van der Waals surface area contributed by atoms with Crippen LogP contribution >= 0.6 is 11.6 Å². The largest absolute Gasteiger partial charge is 0.370 e. The van der Waals surface area contributed by atoms with Crippen LogP contribution < -0.4 is 5.32 Å². The van der Waals surface area contributed by atoms with Crippen molar-refractivity contribution in [3.05, 3.63) is 35.4 Å². The molecule has 3 heteroatoms. The average molecular weight is 256 g/mol. The van der Waals surface area contributed by atoms with E-state index in [0.29, 0.717) is 17.9 Å². The van der Waals surface area contributed by atoms with E-state index in [1.165, 1.54) is 12.8 Å². The monoisotopic (exact) mass is 255 g/mol. The molecule has 1 rings (SSSR count). The van der Waals surface area contributed by atoms with Gasteiger partial charge in [-0.2, -0.15) is 0 Å². The van der Waals surface area contributed by atoms with Gasteiger partial charge in [0, 0.05) is 6.42 Å². The Morgan fingerprint density at radius 3 is 3.00 bits per heavy atom. The fourth-order valence-electron chi connectivity index (χ4n) is 1.93. The van der Waals surface area contributed by atoms with Crippen molar-refractivity contribution < 1.29 is 5.11 Å². The first-order valence-electron chi connectivity index (χ1n) is 6.28. The number of hydrogen-bond donors (Lipinski definition) is 2. The number of nitrogens with one attached hydrogen (secondary N) is 1. The quantitative estimate of drug-likeness (QED) is 0.415. The molecule has 96 valence electrons. The summed E-state index contributed by atoms with van der Waals surface area (Å²) in [4.78, 5) is 0. The topological polar surface area (TPSA) is 32.3 Å². The molecule has 2 nitrogen and oxygen atoms in total. The number of halogens is 1. The maximum atomic E-state index is 10.4. The zero-order valence-electron chi connectivity index (χ0n) is 10.5. The van der Waals surface area contributed by atoms with Crippen LogP contribution in [0.25, 0.3) is 0 Å². The molecule has 0 amide bonds. The van der Waals surface area contributed by atoms with Crippen LogP contribution in [0.1, 0.15) is 39.0 Å². The molecule has 1 unspecified atom stereocenters. The van der Waals surface area contributed by atoms with Crippen LogP contribution in [0, 0.1) is 0 Å². The molecule has 17 heavy (non-hydrogen) atoms. The summed E-state index contributed by atoms with van der Waals surface area (Å²) >= 11 is 6.25. The smallest absolute Gasteiger partial charge is 0.156 e. The molecule has 1 aliphatic rings. The Bertz CT molecular complexity index is 322. The molecule has 0 fully saturated rings. The molecule has 1 aliphatic carbocycles. The van der Waals surface area contributed by atoms with Gasteiger partial charge < -0.3 is 5.11 Å². The SMILES string of the molecule is C=CCC1=C(Cl)C(O)(NCCCCC)CC=C1. The van der Waals surface area contributed by atoms with Crippen molar-refractivity contribution in [1.29, 1.82) is 0 Å². The maximum absolute atomic E-state index is 10.4. The highest BCUT2D eigenvalue weighted by molar-refractivity contribution is 6.31. The zero-order chi connectivity index (χ0) is 12.7. The van der Waals surface area contributed by atoms with E-state index in [1.807, 2.05) is 12.2 Å². The Hall–Kier alpha value is -0.570. The van der Waals surface area contributed by atoms with Gasteiger partial charge in [0.1, 0.15) is 0 Å². The van der Waals surface area contributed by atoms with Gasteiger partial charge in [-0.15, -0.1) is 6.58 Å². The highest BCUT2D eigenvalue weighted by Crippen LogP contribution is 2.32. The Balaban J connectivity index is 2.62. The van der Waals surface area contributed by atoms with Crippen LogP contribution in [0.15, 0.2) is 35.4 Å². The minimum atomic E-state index is -1.08. The molecule has 0 radical (unpaired) electrons. The van der Waals surface area contributed by atoms with Crippen molar-refractivity contribution >= 4 is 11.6 Å². The van der Waals surface area contributed by atoms with Gasteiger partial charge in [0.15, 0.2) is 5.72 Å². The third-order valence-electron chi connectivity index (χ3n) is 2.94. The summed E-state index contributed by atoms with van der Waals surface area (Å²) in [7, 11) is 0. The van der Waals surface area contributed by atoms with Crippen LogP contribution in [0.4, 0.5) is 0 Å². The summed E-state index contributed by atoms with van der Waals surface area (Å²) in [6.07, 6.45) is 10.3. The summed E-state index contributed by atoms with van der Waals surface area (Å²) in [6.45, 7) is 6.64. The van der Waals surface area contributed by atoms with Gasteiger partial charge in [-0.25, -0.2) is 0 Å². The van der Waals surface area contributed by atoms with E-state index < -0.39 is 5.72 Å². The fraction of sp³-hybridized carbons (Fsp3) is 0.571. The van der Waals surface area contributed by atoms with Crippen LogP contribution in [0.5, 0.6) is 0 Å². The van der Waals surface area contributed by atoms with Crippen molar-refractivity contribution in [3.8, 4) is 0 Å². The fourth-order valence-corrected chi connectivity index (χ4v) is 2.22. The van der Waals surface area contributed by atoms with E-state index in [2.05, 4.69) is 18.8 Å². The van der Waals surface area contributed by atoms with E-state index in [1.54, 1.807) is 6.08 Å². The van der Waals surface area contributed by atoms with Crippen LogP contribution in [0.2, 0.25) is 0 Å². The van der Waals surface area contributed by atoms with Crippen molar-refractivity contribution in [1.82, 2.24) is 5.32 Å². The average Bonchev–Trinajstić information content (AvgIpc) is 2.31. The van der Waals surface area contributed by atoms with Crippen LogP contribution in [0.3, 0.4) is 0 Å². The lowest BCUT2D eigenvalue weighted by atomic mass is 9.96. The van der Waals surface area contributed by atoms with Crippen molar-refractivity contribution in [2.24, 2.45) is 0 Å². The molecule has 0 aromatic heterocycles. The molecule has 0 bridgehead atoms. The van der Waals surface area contributed by atoms with Crippen molar-refractivity contribution in [3.63, 3.8) is 0 Å². The maximum Gasteiger partial charge on any atom is 0.156 e. The van der Waals surface area contributed by atoms with Gasteiger partial charge >= 0.3 is 0 Å². The molecule has 0 spiro atoms. The predicted octanol–water partition coefficient (Wildman–Crippen LogP) is 3.48. The first-order valence-corrected chi connectivity index (χ1v) is 6.66. The summed E-state index contributed by atoms with van der Waals surface area (Å²) in [5.41, 5.74) is -0.138. The van der Waals surface area contributed by atoms with Gasteiger partial charge in [-0.3, -0.25) is 5.32 Å². The highest BCUT2D eigenvalue weighted by Gasteiger charge is 2.32. The Kier molecular flexibility index (Phi) is 5.96. The second-order valence-corrected chi connectivity index (χ2v) is 4.81. The van der Waals surface area contributed by atoms with Crippen LogP contribution in [-0.4, -0.2) is 17.4 Å². The lowest BCUT2D eigenvalue weighted by Gasteiger charge is -2.31. The van der Waals surface area contributed by atoms with E-state index in [0.717, 1.165) is 18.5 Å². The Morgan fingerprint density at radius 2 is 2.35 bits per heavy atom. The third-order valence-corrected chi connectivity index (χ3v) is 3.49. The molecular weight excluding hydrogens is 234 g/mol. The van der Waals surface area contributed by atoms with Gasteiger partial charge in [-0.05, 0) is 25.0 Å². The molecule has 0 heterocycles. The minimum absolute atomic E-state index is 0.511.